The molecule has 3 aromatic rings. The molecule has 0 bridgehead atoms. The van der Waals surface area contributed by atoms with Gasteiger partial charge in [-0.05, 0) is 48.4 Å². The maximum atomic E-state index is 12.6. The van der Waals surface area contributed by atoms with Crippen molar-refractivity contribution in [2.45, 2.75) is 17.6 Å². The Balaban J connectivity index is 1.73. The molecule has 3 rings (SSSR count). The highest BCUT2D eigenvalue weighted by molar-refractivity contribution is 7.98. The lowest BCUT2D eigenvalue weighted by Gasteiger charge is -2.12. The Bertz CT molecular complexity index is 877. The topological polar surface area (TPSA) is 29.1 Å². The summed E-state index contributed by atoms with van der Waals surface area (Å²) in [7, 11) is 0. The van der Waals surface area contributed by atoms with Crippen LogP contribution in [0, 0.1) is 6.92 Å². The molecule has 0 fully saturated rings. The monoisotopic (exact) mass is 367 g/mol. The molecular formula is C21H18ClNOS. The quantitative estimate of drug-likeness (QED) is 0.544. The molecule has 0 saturated carbocycles. The predicted octanol–water partition coefficient (Wildman–Crippen LogP) is 6.19. The predicted molar refractivity (Wildman–Crippen MR) is 107 cm³/mol. The summed E-state index contributed by atoms with van der Waals surface area (Å²) in [6.45, 7) is 1.94. The zero-order valence-corrected chi connectivity index (χ0v) is 15.4. The highest BCUT2D eigenvalue weighted by Crippen LogP contribution is 2.30. The van der Waals surface area contributed by atoms with E-state index in [9.17, 15) is 4.79 Å². The van der Waals surface area contributed by atoms with Gasteiger partial charge in [0.05, 0.1) is 5.69 Å². The van der Waals surface area contributed by atoms with Crippen LogP contribution in [0.4, 0.5) is 5.69 Å². The maximum absolute atomic E-state index is 12.6. The lowest BCUT2D eigenvalue weighted by atomic mass is 10.1. The average Bonchev–Trinajstić information content (AvgIpc) is 2.62. The van der Waals surface area contributed by atoms with Crippen LogP contribution >= 0.6 is 23.4 Å². The summed E-state index contributed by atoms with van der Waals surface area (Å²) < 4.78 is 0. The number of hydrogen-bond acceptors (Lipinski definition) is 2. The number of nitrogens with one attached hydrogen (secondary N) is 1. The van der Waals surface area contributed by atoms with E-state index in [4.69, 9.17) is 11.6 Å². The van der Waals surface area contributed by atoms with Gasteiger partial charge in [0.15, 0.2) is 0 Å². The number of benzene rings is 3. The molecule has 0 radical (unpaired) electrons. The molecule has 2 nitrogen and oxygen atoms in total. The second kappa shape index (κ2) is 8.24. The van der Waals surface area contributed by atoms with Crippen LogP contribution in [0.5, 0.6) is 0 Å². The molecule has 0 saturated heterocycles. The number of carbonyl (C=O) groups is 1. The number of anilines is 1. The van der Waals surface area contributed by atoms with Crippen molar-refractivity contribution in [1.29, 1.82) is 0 Å². The van der Waals surface area contributed by atoms with Crippen LogP contribution in [0.15, 0.2) is 77.7 Å². The largest absolute Gasteiger partial charge is 0.321 e. The van der Waals surface area contributed by atoms with Gasteiger partial charge in [-0.25, -0.2) is 0 Å². The van der Waals surface area contributed by atoms with Crippen molar-refractivity contribution in [3.05, 3.63) is 94.5 Å². The van der Waals surface area contributed by atoms with Gasteiger partial charge in [-0.2, -0.15) is 0 Å². The van der Waals surface area contributed by atoms with E-state index in [1.807, 2.05) is 79.7 Å². The molecule has 0 aliphatic carbocycles. The Hall–Kier alpha value is -2.23. The van der Waals surface area contributed by atoms with Crippen molar-refractivity contribution in [2.75, 3.05) is 5.32 Å². The van der Waals surface area contributed by atoms with Crippen LogP contribution in [-0.2, 0) is 5.75 Å². The van der Waals surface area contributed by atoms with Crippen molar-refractivity contribution in [2.24, 2.45) is 0 Å². The maximum Gasteiger partial charge on any atom is 0.255 e. The first-order chi connectivity index (χ1) is 12.1. The Morgan fingerprint density at radius 3 is 2.40 bits per heavy atom. The van der Waals surface area contributed by atoms with E-state index in [1.54, 1.807) is 11.8 Å². The van der Waals surface area contributed by atoms with E-state index in [0.29, 0.717) is 5.56 Å². The van der Waals surface area contributed by atoms with E-state index in [0.717, 1.165) is 26.9 Å². The van der Waals surface area contributed by atoms with Crippen LogP contribution in [0.2, 0.25) is 5.02 Å². The Morgan fingerprint density at radius 2 is 1.64 bits per heavy atom. The van der Waals surface area contributed by atoms with Gasteiger partial charge in [0.2, 0.25) is 0 Å². The molecule has 0 aromatic heterocycles. The average molecular weight is 368 g/mol. The summed E-state index contributed by atoms with van der Waals surface area (Å²) in [6.07, 6.45) is 0. The van der Waals surface area contributed by atoms with Crippen LogP contribution in [0.25, 0.3) is 0 Å². The molecule has 4 heteroatoms. The van der Waals surface area contributed by atoms with E-state index < -0.39 is 0 Å². The highest BCUT2D eigenvalue weighted by Gasteiger charge is 2.11. The van der Waals surface area contributed by atoms with Gasteiger partial charge >= 0.3 is 0 Å². The van der Waals surface area contributed by atoms with E-state index in [1.165, 1.54) is 5.56 Å². The summed E-state index contributed by atoms with van der Waals surface area (Å²) in [6, 6.07) is 23.3. The molecule has 3 aromatic carbocycles. The van der Waals surface area contributed by atoms with Crippen molar-refractivity contribution in [3.8, 4) is 0 Å². The molecule has 1 N–H and O–H groups in total. The molecule has 0 heterocycles. The summed E-state index contributed by atoms with van der Waals surface area (Å²) in [5.74, 6) is 0.728. The molecule has 0 aliphatic rings. The number of aryl methyl sites for hydroxylation is 1. The van der Waals surface area contributed by atoms with Crippen molar-refractivity contribution >= 4 is 35.0 Å². The van der Waals surface area contributed by atoms with Gasteiger partial charge in [-0.1, -0.05) is 54.1 Å². The second-order valence-corrected chi connectivity index (χ2v) is 7.13. The molecule has 1 amide bonds. The highest BCUT2D eigenvalue weighted by atomic mass is 35.5. The summed E-state index contributed by atoms with van der Waals surface area (Å²) in [4.78, 5) is 13.6. The van der Waals surface area contributed by atoms with Gasteiger partial charge in [0.25, 0.3) is 5.91 Å². The minimum atomic E-state index is -0.0855. The summed E-state index contributed by atoms with van der Waals surface area (Å²) in [5, 5.41) is 3.77. The van der Waals surface area contributed by atoms with Gasteiger partial charge in [0.1, 0.15) is 0 Å². The smallest absolute Gasteiger partial charge is 0.255 e. The van der Waals surface area contributed by atoms with E-state index >= 15 is 0 Å². The molecule has 0 aliphatic heterocycles. The lowest BCUT2D eigenvalue weighted by Crippen LogP contribution is -2.13. The SMILES string of the molecule is Cc1ccccc1C(=O)Nc1ccccc1SCc1ccc(Cl)cc1. The Morgan fingerprint density at radius 1 is 0.960 bits per heavy atom. The normalized spacial score (nSPS) is 10.5. The number of rotatable bonds is 5. The van der Waals surface area contributed by atoms with Crippen LogP contribution in [0.1, 0.15) is 21.5 Å². The van der Waals surface area contributed by atoms with Crippen LogP contribution < -0.4 is 5.32 Å². The molecule has 0 unspecified atom stereocenters. The van der Waals surface area contributed by atoms with Crippen molar-refractivity contribution in [3.63, 3.8) is 0 Å². The fourth-order valence-electron chi connectivity index (χ4n) is 2.45. The number of amides is 1. The zero-order valence-electron chi connectivity index (χ0n) is 13.8. The third-order valence-electron chi connectivity index (χ3n) is 3.83. The molecule has 126 valence electrons. The second-order valence-electron chi connectivity index (χ2n) is 5.68. The lowest BCUT2D eigenvalue weighted by molar-refractivity contribution is 0.102. The first-order valence-corrected chi connectivity index (χ1v) is 9.33. The van der Waals surface area contributed by atoms with E-state index in [-0.39, 0.29) is 5.91 Å². The minimum Gasteiger partial charge on any atom is -0.321 e. The van der Waals surface area contributed by atoms with Gasteiger partial charge in [-0.15, -0.1) is 11.8 Å². The minimum absolute atomic E-state index is 0.0855. The Kier molecular flexibility index (Phi) is 5.79. The van der Waals surface area contributed by atoms with Gasteiger partial charge in [0, 0.05) is 21.2 Å². The molecular weight excluding hydrogens is 350 g/mol. The zero-order chi connectivity index (χ0) is 17.6. The number of halogens is 1. The van der Waals surface area contributed by atoms with Gasteiger partial charge < -0.3 is 5.32 Å². The number of thioether (sulfide) groups is 1. The molecule has 0 spiro atoms. The first kappa shape index (κ1) is 17.6. The fourth-order valence-corrected chi connectivity index (χ4v) is 3.54. The Labute approximate surface area is 157 Å². The molecule has 25 heavy (non-hydrogen) atoms. The summed E-state index contributed by atoms with van der Waals surface area (Å²) >= 11 is 7.62. The van der Waals surface area contributed by atoms with Crippen LogP contribution in [-0.4, -0.2) is 5.91 Å². The third-order valence-corrected chi connectivity index (χ3v) is 5.23. The standard InChI is InChI=1S/C21H18ClNOS/c1-15-6-2-3-7-18(15)21(24)23-19-8-4-5-9-20(19)25-14-16-10-12-17(22)13-11-16/h2-13H,14H2,1H3,(H,23,24). The number of carbonyl (C=O) groups excluding carboxylic acids is 1. The van der Waals surface area contributed by atoms with Gasteiger partial charge in [-0.3, -0.25) is 4.79 Å². The van der Waals surface area contributed by atoms with Crippen molar-refractivity contribution in [1.82, 2.24) is 0 Å². The third kappa shape index (κ3) is 4.65. The van der Waals surface area contributed by atoms with E-state index in [2.05, 4.69) is 5.32 Å². The summed E-state index contributed by atoms with van der Waals surface area (Å²) in [5.41, 5.74) is 3.68. The molecule has 0 atom stereocenters. The first-order valence-electron chi connectivity index (χ1n) is 7.97. The number of hydrogen-bond donors (Lipinski definition) is 1. The van der Waals surface area contributed by atoms with Crippen LogP contribution in [0.3, 0.4) is 0 Å². The fraction of sp³-hybridized carbons (Fsp3) is 0.0952. The van der Waals surface area contributed by atoms with Crippen molar-refractivity contribution < 1.29 is 4.79 Å². The number of para-hydroxylation sites is 1.